The van der Waals surface area contributed by atoms with Gasteiger partial charge in [-0.15, -0.1) is 0 Å². The van der Waals surface area contributed by atoms with E-state index in [-0.39, 0.29) is 11.5 Å². The molecule has 6 heteroatoms. The third kappa shape index (κ3) is 9.25. The standard InChI is InChI=1S/C15H26O.C12H7Cl3O2/c1-12(2)6-5-11-15(4,16)14-9-7-13(3)8-10-14;13-7-1-3-11(9(15)5-7)17-12-4-2-8(14)6-10(12)16/h6-7,14,16H,5,8-11H2,1-4H3;1-6,16H. The van der Waals surface area contributed by atoms with Gasteiger partial charge in [0, 0.05) is 16.1 Å². The fraction of sp³-hybridized carbons (Fsp3) is 0.407. The van der Waals surface area contributed by atoms with Crippen LogP contribution in [-0.4, -0.2) is 15.8 Å². The maximum absolute atomic E-state index is 10.5. The highest BCUT2D eigenvalue weighted by Gasteiger charge is 2.31. The lowest BCUT2D eigenvalue weighted by molar-refractivity contribution is -0.0122. The molecule has 0 amide bonds. The lowest BCUT2D eigenvalue weighted by atomic mass is 9.76. The van der Waals surface area contributed by atoms with Crippen LogP contribution in [0.3, 0.4) is 0 Å². The summed E-state index contributed by atoms with van der Waals surface area (Å²) in [6.07, 6.45) is 9.74. The Hall–Kier alpha value is -1.65. The number of phenols is 1. The van der Waals surface area contributed by atoms with Gasteiger partial charge >= 0.3 is 0 Å². The molecule has 0 saturated heterocycles. The monoisotopic (exact) mass is 510 g/mol. The first kappa shape index (κ1) is 27.6. The third-order valence-electron chi connectivity index (χ3n) is 5.76. The Bertz CT molecular complexity index is 943. The van der Waals surface area contributed by atoms with Gasteiger partial charge in [-0.25, -0.2) is 0 Å². The van der Waals surface area contributed by atoms with Crippen molar-refractivity contribution in [3.05, 3.63) is 74.8 Å². The van der Waals surface area contributed by atoms with Gasteiger partial charge in [-0.3, -0.25) is 0 Å². The molecule has 0 fully saturated rings. The number of rotatable bonds is 6. The van der Waals surface area contributed by atoms with E-state index in [1.165, 1.54) is 17.2 Å². The zero-order valence-electron chi connectivity index (χ0n) is 19.7. The van der Waals surface area contributed by atoms with E-state index < -0.39 is 5.60 Å². The van der Waals surface area contributed by atoms with Crippen LogP contribution < -0.4 is 4.74 Å². The molecule has 3 rings (SSSR count). The molecule has 33 heavy (non-hydrogen) atoms. The van der Waals surface area contributed by atoms with Crippen LogP contribution in [0.5, 0.6) is 17.2 Å². The molecule has 0 bridgehead atoms. The van der Waals surface area contributed by atoms with Crippen LogP contribution in [0.15, 0.2) is 59.7 Å². The zero-order chi connectivity index (χ0) is 24.6. The number of hydrogen-bond donors (Lipinski definition) is 2. The van der Waals surface area contributed by atoms with Gasteiger partial charge in [0.1, 0.15) is 5.75 Å². The summed E-state index contributed by atoms with van der Waals surface area (Å²) in [4.78, 5) is 0. The van der Waals surface area contributed by atoms with E-state index in [9.17, 15) is 10.2 Å². The second-order valence-corrected chi connectivity index (χ2v) is 10.3. The van der Waals surface area contributed by atoms with Crippen molar-refractivity contribution < 1.29 is 14.9 Å². The van der Waals surface area contributed by atoms with E-state index >= 15 is 0 Å². The van der Waals surface area contributed by atoms with Gasteiger partial charge < -0.3 is 14.9 Å². The molecule has 1 aliphatic carbocycles. The molecule has 1 aliphatic rings. The minimum absolute atomic E-state index is 0.0523. The summed E-state index contributed by atoms with van der Waals surface area (Å²) in [6, 6.07) is 9.39. The Morgan fingerprint density at radius 2 is 1.73 bits per heavy atom. The van der Waals surface area contributed by atoms with Gasteiger partial charge in [-0.05, 0) is 96.0 Å². The van der Waals surface area contributed by atoms with Crippen molar-refractivity contribution in [1.82, 2.24) is 0 Å². The van der Waals surface area contributed by atoms with E-state index in [4.69, 9.17) is 39.5 Å². The molecule has 0 aromatic heterocycles. The molecule has 2 unspecified atom stereocenters. The highest BCUT2D eigenvalue weighted by atomic mass is 35.5. The highest BCUT2D eigenvalue weighted by molar-refractivity contribution is 6.35. The van der Waals surface area contributed by atoms with E-state index in [0.29, 0.717) is 26.7 Å². The summed E-state index contributed by atoms with van der Waals surface area (Å²) < 4.78 is 5.45. The van der Waals surface area contributed by atoms with Crippen LogP contribution >= 0.6 is 34.8 Å². The Kier molecular flexibility index (Phi) is 10.6. The fourth-order valence-electron chi connectivity index (χ4n) is 3.64. The van der Waals surface area contributed by atoms with E-state index in [1.807, 2.05) is 6.92 Å². The van der Waals surface area contributed by atoms with Crippen LogP contribution in [0.4, 0.5) is 0 Å². The Labute approximate surface area is 212 Å². The van der Waals surface area contributed by atoms with Crippen LogP contribution in [0.1, 0.15) is 59.8 Å². The first-order valence-corrected chi connectivity index (χ1v) is 12.2. The summed E-state index contributed by atoms with van der Waals surface area (Å²) in [5.74, 6) is 1.08. The highest BCUT2D eigenvalue weighted by Crippen LogP contribution is 2.37. The summed E-state index contributed by atoms with van der Waals surface area (Å²) in [6.45, 7) is 8.42. The number of allylic oxidation sites excluding steroid dienone is 4. The first-order chi connectivity index (χ1) is 15.5. The zero-order valence-corrected chi connectivity index (χ0v) is 21.9. The molecule has 2 N–H and O–H groups in total. The number of phenolic OH excluding ortho intramolecular Hbond substituents is 1. The van der Waals surface area contributed by atoms with Crippen molar-refractivity contribution in [1.29, 1.82) is 0 Å². The SMILES string of the molecule is CC(C)=CCCC(C)(O)C1CC=C(C)CC1.Oc1cc(Cl)ccc1Oc1ccc(Cl)cc1Cl. The average Bonchev–Trinajstić information content (AvgIpc) is 2.72. The minimum atomic E-state index is -0.497. The van der Waals surface area contributed by atoms with Crippen molar-refractivity contribution in [2.45, 2.75) is 65.4 Å². The second kappa shape index (κ2) is 12.7. The van der Waals surface area contributed by atoms with Gasteiger partial charge in [0.25, 0.3) is 0 Å². The molecular formula is C27H33Cl3O3. The van der Waals surface area contributed by atoms with Crippen molar-refractivity contribution in [3.8, 4) is 17.2 Å². The van der Waals surface area contributed by atoms with Crippen LogP contribution in [0, 0.1) is 5.92 Å². The van der Waals surface area contributed by atoms with E-state index in [2.05, 4.69) is 32.9 Å². The first-order valence-electron chi connectivity index (χ1n) is 11.1. The minimum Gasteiger partial charge on any atom is -0.504 e. The number of hydrogen-bond acceptors (Lipinski definition) is 3. The molecule has 2 aromatic carbocycles. The Balaban J connectivity index is 0.000000234. The molecule has 0 saturated carbocycles. The van der Waals surface area contributed by atoms with Crippen LogP contribution in [0.2, 0.25) is 15.1 Å². The second-order valence-electron chi connectivity index (χ2n) is 8.99. The van der Waals surface area contributed by atoms with Gasteiger partial charge in [0.05, 0.1) is 10.6 Å². The van der Waals surface area contributed by atoms with Gasteiger partial charge in [-0.1, -0.05) is 58.1 Å². The number of aliphatic hydroxyl groups is 1. The Morgan fingerprint density at radius 1 is 1.09 bits per heavy atom. The van der Waals surface area contributed by atoms with E-state index in [0.717, 1.165) is 32.1 Å². The molecule has 180 valence electrons. The predicted molar refractivity (Wildman–Crippen MR) is 140 cm³/mol. The number of ether oxygens (including phenoxy) is 1. The number of benzene rings is 2. The number of halogens is 3. The molecule has 0 heterocycles. The van der Waals surface area contributed by atoms with Crippen molar-refractivity contribution in [2.75, 3.05) is 0 Å². The number of aromatic hydroxyl groups is 1. The molecule has 3 nitrogen and oxygen atoms in total. The van der Waals surface area contributed by atoms with E-state index in [1.54, 1.807) is 30.3 Å². The molecule has 0 aliphatic heterocycles. The summed E-state index contributed by atoms with van der Waals surface area (Å²) in [5.41, 5.74) is 2.33. The van der Waals surface area contributed by atoms with Crippen molar-refractivity contribution in [3.63, 3.8) is 0 Å². The lowest BCUT2D eigenvalue weighted by Gasteiger charge is -2.34. The maximum atomic E-state index is 10.5. The quantitative estimate of drug-likeness (QED) is 0.380. The summed E-state index contributed by atoms with van der Waals surface area (Å²) in [5, 5.41) is 21.4. The van der Waals surface area contributed by atoms with Crippen LogP contribution in [0.25, 0.3) is 0 Å². The normalized spacial score (nSPS) is 17.2. The summed E-state index contributed by atoms with van der Waals surface area (Å²) in [7, 11) is 0. The smallest absolute Gasteiger partial charge is 0.169 e. The molecule has 0 spiro atoms. The average molecular weight is 512 g/mol. The molecule has 2 atom stereocenters. The topological polar surface area (TPSA) is 49.7 Å². The van der Waals surface area contributed by atoms with Gasteiger partial charge in [-0.2, -0.15) is 0 Å². The van der Waals surface area contributed by atoms with Crippen LogP contribution in [-0.2, 0) is 0 Å². The van der Waals surface area contributed by atoms with Gasteiger partial charge in [0.2, 0.25) is 0 Å². The van der Waals surface area contributed by atoms with Crippen molar-refractivity contribution >= 4 is 34.8 Å². The fourth-order valence-corrected chi connectivity index (χ4v) is 4.25. The largest absolute Gasteiger partial charge is 0.504 e. The molecule has 0 radical (unpaired) electrons. The third-order valence-corrected chi connectivity index (χ3v) is 6.52. The van der Waals surface area contributed by atoms with Gasteiger partial charge in [0.15, 0.2) is 11.5 Å². The van der Waals surface area contributed by atoms with Crippen molar-refractivity contribution in [2.24, 2.45) is 5.92 Å². The summed E-state index contributed by atoms with van der Waals surface area (Å²) >= 11 is 17.4. The molecule has 2 aromatic rings. The predicted octanol–water partition coefficient (Wildman–Crippen LogP) is 9.37. The Morgan fingerprint density at radius 3 is 2.27 bits per heavy atom. The lowest BCUT2D eigenvalue weighted by Crippen LogP contribution is -2.35. The molecular weight excluding hydrogens is 479 g/mol. The maximum Gasteiger partial charge on any atom is 0.169 e.